The van der Waals surface area contributed by atoms with E-state index in [9.17, 15) is 4.79 Å². The van der Waals surface area contributed by atoms with Crippen LogP contribution in [0.5, 0.6) is 5.75 Å². The van der Waals surface area contributed by atoms with Crippen LogP contribution in [-0.2, 0) is 6.61 Å². The monoisotopic (exact) mass is 260 g/mol. The highest BCUT2D eigenvalue weighted by molar-refractivity contribution is 6.30. The molecule has 0 saturated carbocycles. The Kier molecular flexibility index (Phi) is 4.00. The Morgan fingerprint density at radius 3 is 2.72 bits per heavy atom. The summed E-state index contributed by atoms with van der Waals surface area (Å²) in [5, 5.41) is 0.528. The van der Waals surface area contributed by atoms with Gasteiger partial charge in [-0.15, -0.1) is 0 Å². The van der Waals surface area contributed by atoms with E-state index in [4.69, 9.17) is 16.3 Å². The van der Waals surface area contributed by atoms with E-state index < -0.39 is 0 Å². The molecule has 0 aliphatic heterocycles. The van der Waals surface area contributed by atoms with E-state index in [-0.39, 0.29) is 0 Å². The molecular formula is C15H13ClO2. The summed E-state index contributed by atoms with van der Waals surface area (Å²) in [6.45, 7) is 2.47. The van der Waals surface area contributed by atoms with Gasteiger partial charge in [0.25, 0.3) is 0 Å². The first-order chi connectivity index (χ1) is 8.70. The second kappa shape index (κ2) is 5.69. The summed E-state index contributed by atoms with van der Waals surface area (Å²) in [5.74, 6) is 0.553. The number of hydrogen-bond donors (Lipinski definition) is 0. The average molecular weight is 261 g/mol. The number of benzene rings is 2. The van der Waals surface area contributed by atoms with Crippen LogP contribution in [0, 0.1) is 6.92 Å². The van der Waals surface area contributed by atoms with Gasteiger partial charge in [0, 0.05) is 5.02 Å². The van der Waals surface area contributed by atoms with Crippen LogP contribution in [0.15, 0.2) is 42.5 Å². The van der Waals surface area contributed by atoms with Crippen molar-refractivity contribution in [1.29, 1.82) is 0 Å². The molecule has 2 rings (SSSR count). The maximum absolute atomic E-state index is 10.9. The third-order valence-corrected chi connectivity index (χ3v) is 2.98. The smallest absolute Gasteiger partial charge is 0.153 e. The van der Waals surface area contributed by atoms with Crippen LogP contribution < -0.4 is 4.74 Å². The van der Waals surface area contributed by atoms with Crippen LogP contribution in [0.3, 0.4) is 0 Å². The van der Waals surface area contributed by atoms with E-state index >= 15 is 0 Å². The largest absolute Gasteiger partial charge is 0.488 e. The van der Waals surface area contributed by atoms with Crippen LogP contribution in [0.4, 0.5) is 0 Å². The fourth-order valence-electron chi connectivity index (χ4n) is 1.67. The summed E-state index contributed by atoms with van der Waals surface area (Å²) in [7, 11) is 0. The summed E-state index contributed by atoms with van der Waals surface area (Å²) in [6.07, 6.45) is 0.749. The lowest BCUT2D eigenvalue weighted by molar-refractivity contribution is 0.111. The van der Waals surface area contributed by atoms with E-state index in [0.717, 1.165) is 11.8 Å². The Morgan fingerprint density at radius 2 is 2.00 bits per heavy atom. The van der Waals surface area contributed by atoms with Gasteiger partial charge in [-0.25, -0.2) is 0 Å². The van der Waals surface area contributed by atoms with Gasteiger partial charge >= 0.3 is 0 Å². The van der Waals surface area contributed by atoms with Crippen LogP contribution in [0.2, 0.25) is 5.02 Å². The van der Waals surface area contributed by atoms with Crippen molar-refractivity contribution in [3.63, 3.8) is 0 Å². The predicted octanol–water partition coefficient (Wildman–Crippen LogP) is 4.04. The maximum Gasteiger partial charge on any atom is 0.153 e. The van der Waals surface area contributed by atoms with Gasteiger partial charge in [-0.3, -0.25) is 4.79 Å². The predicted molar refractivity (Wildman–Crippen MR) is 72.4 cm³/mol. The van der Waals surface area contributed by atoms with Gasteiger partial charge in [0.15, 0.2) is 6.29 Å². The molecule has 92 valence electrons. The number of halogens is 1. The number of hydrogen-bond acceptors (Lipinski definition) is 2. The maximum atomic E-state index is 10.9. The Labute approximate surface area is 111 Å². The van der Waals surface area contributed by atoms with Gasteiger partial charge < -0.3 is 4.74 Å². The number of rotatable bonds is 4. The summed E-state index contributed by atoms with van der Waals surface area (Å²) in [4.78, 5) is 10.9. The molecule has 0 unspecified atom stereocenters. The molecule has 0 heterocycles. The van der Waals surface area contributed by atoms with Crippen molar-refractivity contribution in [3.8, 4) is 5.75 Å². The summed E-state index contributed by atoms with van der Waals surface area (Å²) >= 11 is 5.82. The molecule has 0 radical (unpaired) electrons. The van der Waals surface area contributed by atoms with Crippen molar-refractivity contribution in [2.45, 2.75) is 13.5 Å². The van der Waals surface area contributed by atoms with Gasteiger partial charge in [-0.2, -0.15) is 0 Å². The van der Waals surface area contributed by atoms with Crippen molar-refractivity contribution in [1.82, 2.24) is 0 Å². The molecule has 2 aromatic carbocycles. The zero-order chi connectivity index (χ0) is 13.0. The molecule has 3 heteroatoms. The van der Waals surface area contributed by atoms with E-state index in [1.807, 2.05) is 31.2 Å². The van der Waals surface area contributed by atoms with Crippen LogP contribution in [0.25, 0.3) is 0 Å². The SMILES string of the molecule is Cc1ccccc1COc1ccc(Cl)cc1C=O. The number of carbonyl (C=O) groups excluding carboxylic acids is 1. The quantitative estimate of drug-likeness (QED) is 0.776. The van der Waals surface area contributed by atoms with E-state index in [2.05, 4.69) is 0 Å². The van der Waals surface area contributed by atoms with Crippen LogP contribution in [0.1, 0.15) is 21.5 Å². The standard InChI is InChI=1S/C15H13ClO2/c1-11-4-2-3-5-12(11)10-18-15-7-6-14(16)8-13(15)9-17/h2-9H,10H2,1H3. The molecule has 0 saturated heterocycles. The first-order valence-electron chi connectivity index (χ1n) is 5.63. The minimum atomic E-state index is 0.440. The van der Waals surface area contributed by atoms with E-state index in [1.54, 1.807) is 18.2 Å². The Hall–Kier alpha value is -1.80. The van der Waals surface area contributed by atoms with Gasteiger partial charge in [-0.05, 0) is 36.2 Å². The molecule has 0 amide bonds. The zero-order valence-corrected chi connectivity index (χ0v) is 10.8. The molecule has 0 aliphatic rings. The minimum Gasteiger partial charge on any atom is -0.488 e. The fraction of sp³-hybridized carbons (Fsp3) is 0.133. The highest BCUT2D eigenvalue weighted by Gasteiger charge is 2.05. The van der Waals surface area contributed by atoms with Crippen molar-refractivity contribution >= 4 is 17.9 Å². The molecule has 0 spiro atoms. The highest BCUT2D eigenvalue weighted by atomic mass is 35.5. The van der Waals surface area contributed by atoms with Crippen molar-refractivity contribution in [2.75, 3.05) is 0 Å². The van der Waals surface area contributed by atoms with Gasteiger partial charge in [-0.1, -0.05) is 35.9 Å². The molecular weight excluding hydrogens is 248 g/mol. The Morgan fingerprint density at radius 1 is 1.22 bits per heavy atom. The zero-order valence-electron chi connectivity index (χ0n) is 10.0. The second-order valence-electron chi connectivity index (χ2n) is 4.02. The highest BCUT2D eigenvalue weighted by Crippen LogP contribution is 2.22. The van der Waals surface area contributed by atoms with E-state index in [1.165, 1.54) is 5.56 Å². The molecule has 18 heavy (non-hydrogen) atoms. The van der Waals surface area contributed by atoms with Gasteiger partial charge in [0.05, 0.1) is 5.56 Å². The fourth-order valence-corrected chi connectivity index (χ4v) is 1.85. The van der Waals surface area contributed by atoms with Crippen LogP contribution in [-0.4, -0.2) is 6.29 Å². The van der Waals surface area contributed by atoms with Gasteiger partial charge in [0.2, 0.25) is 0 Å². The minimum absolute atomic E-state index is 0.440. The lowest BCUT2D eigenvalue weighted by Crippen LogP contribution is -1.99. The molecule has 0 aliphatic carbocycles. The number of aldehydes is 1. The summed E-state index contributed by atoms with van der Waals surface area (Å²) in [6, 6.07) is 13.0. The third kappa shape index (κ3) is 2.90. The Bertz CT molecular complexity index is 564. The first-order valence-corrected chi connectivity index (χ1v) is 6.00. The molecule has 0 fully saturated rings. The normalized spacial score (nSPS) is 10.1. The molecule has 0 bridgehead atoms. The first kappa shape index (κ1) is 12.7. The molecule has 0 aromatic heterocycles. The second-order valence-corrected chi connectivity index (χ2v) is 4.45. The number of carbonyl (C=O) groups is 1. The van der Waals surface area contributed by atoms with Gasteiger partial charge in [0.1, 0.15) is 12.4 Å². The summed E-state index contributed by atoms with van der Waals surface area (Å²) < 4.78 is 5.66. The van der Waals surface area contributed by atoms with Crippen molar-refractivity contribution < 1.29 is 9.53 Å². The number of ether oxygens (including phenoxy) is 1. The lowest BCUT2D eigenvalue weighted by atomic mass is 10.1. The lowest BCUT2D eigenvalue weighted by Gasteiger charge is -2.10. The summed E-state index contributed by atoms with van der Waals surface area (Å²) in [5.41, 5.74) is 2.74. The molecule has 2 aromatic rings. The molecule has 2 nitrogen and oxygen atoms in total. The molecule has 0 atom stereocenters. The Balaban J connectivity index is 2.16. The van der Waals surface area contributed by atoms with Crippen LogP contribution >= 0.6 is 11.6 Å². The van der Waals surface area contributed by atoms with Crippen molar-refractivity contribution in [3.05, 3.63) is 64.2 Å². The third-order valence-electron chi connectivity index (χ3n) is 2.74. The molecule has 0 N–H and O–H groups in total. The topological polar surface area (TPSA) is 26.3 Å². The van der Waals surface area contributed by atoms with Crippen molar-refractivity contribution in [2.24, 2.45) is 0 Å². The average Bonchev–Trinajstić information content (AvgIpc) is 2.39. The number of aryl methyl sites for hydroxylation is 1. The van der Waals surface area contributed by atoms with E-state index in [0.29, 0.717) is 22.9 Å².